The molecule has 16 heavy (non-hydrogen) atoms. The van der Waals surface area contributed by atoms with Crippen molar-refractivity contribution in [2.75, 3.05) is 0 Å². The Labute approximate surface area is 95.2 Å². The Bertz CT molecular complexity index is 424. The van der Waals surface area contributed by atoms with E-state index in [0.29, 0.717) is 12.0 Å². The van der Waals surface area contributed by atoms with Crippen molar-refractivity contribution in [2.24, 2.45) is 5.73 Å². The standard InChI is InChI=1S/C12H18N4/c13-12(6-1-7-12)11-15-14-10(8-2-3-8)16(11)9-4-5-9/h8-9H,1-7,13H2. The molecule has 2 N–H and O–H groups in total. The molecule has 0 aromatic carbocycles. The minimum Gasteiger partial charge on any atom is -0.319 e. The van der Waals surface area contributed by atoms with Crippen LogP contribution in [-0.2, 0) is 5.54 Å². The van der Waals surface area contributed by atoms with E-state index in [1.807, 2.05) is 0 Å². The Morgan fingerprint density at radius 3 is 2.38 bits per heavy atom. The SMILES string of the molecule is NC1(c2nnc(C3CC3)n2C2CC2)CCC1. The van der Waals surface area contributed by atoms with Gasteiger partial charge in [-0.1, -0.05) is 0 Å². The molecule has 0 saturated heterocycles. The third-order valence-electron chi connectivity index (χ3n) is 4.27. The molecule has 0 aliphatic heterocycles. The molecular weight excluding hydrogens is 200 g/mol. The van der Waals surface area contributed by atoms with Gasteiger partial charge in [0.1, 0.15) is 5.82 Å². The van der Waals surface area contributed by atoms with Crippen molar-refractivity contribution in [1.82, 2.24) is 14.8 Å². The van der Waals surface area contributed by atoms with E-state index in [9.17, 15) is 0 Å². The van der Waals surface area contributed by atoms with Crippen LogP contribution >= 0.6 is 0 Å². The molecule has 86 valence electrons. The molecule has 3 aliphatic carbocycles. The maximum Gasteiger partial charge on any atom is 0.153 e. The fourth-order valence-corrected chi connectivity index (χ4v) is 2.74. The van der Waals surface area contributed by atoms with Gasteiger partial charge in [-0.2, -0.15) is 0 Å². The summed E-state index contributed by atoms with van der Waals surface area (Å²) in [4.78, 5) is 0. The maximum atomic E-state index is 6.40. The molecule has 3 aliphatic rings. The largest absolute Gasteiger partial charge is 0.319 e. The van der Waals surface area contributed by atoms with Crippen LogP contribution in [0.15, 0.2) is 0 Å². The molecule has 4 nitrogen and oxygen atoms in total. The van der Waals surface area contributed by atoms with Gasteiger partial charge in [-0.05, 0) is 44.9 Å². The van der Waals surface area contributed by atoms with Gasteiger partial charge in [-0.3, -0.25) is 0 Å². The Balaban J connectivity index is 1.79. The second-order valence-electron chi connectivity index (χ2n) is 5.77. The maximum absolute atomic E-state index is 6.40. The van der Waals surface area contributed by atoms with E-state index in [-0.39, 0.29) is 5.54 Å². The molecule has 0 bridgehead atoms. The first-order chi connectivity index (χ1) is 7.78. The lowest BCUT2D eigenvalue weighted by Crippen LogP contribution is -2.45. The van der Waals surface area contributed by atoms with Crippen molar-refractivity contribution in [2.45, 2.75) is 62.4 Å². The molecule has 0 unspecified atom stereocenters. The number of nitrogens with two attached hydrogens (primary N) is 1. The van der Waals surface area contributed by atoms with Crippen LogP contribution in [-0.4, -0.2) is 14.8 Å². The van der Waals surface area contributed by atoms with E-state index in [4.69, 9.17) is 5.73 Å². The van der Waals surface area contributed by atoms with E-state index in [1.54, 1.807) is 0 Å². The molecule has 4 heteroatoms. The van der Waals surface area contributed by atoms with Crippen molar-refractivity contribution in [3.8, 4) is 0 Å². The molecule has 0 radical (unpaired) electrons. The smallest absolute Gasteiger partial charge is 0.153 e. The Morgan fingerprint density at radius 1 is 1.12 bits per heavy atom. The van der Waals surface area contributed by atoms with Gasteiger partial charge in [0, 0.05) is 12.0 Å². The molecule has 3 fully saturated rings. The number of aromatic nitrogens is 3. The van der Waals surface area contributed by atoms with E-state index < -0.39 is 0 Å². The highest BCUT2D eigenvalue weighted by molar-refractivity contribution is 5.19. The lowest BCUT2D eigenvalue weighted by atomic mass is 9.77. The summed E-state index contributed by atoms with van der Waals surface area (Å²) >= 11 is 0. The van der Waals surface area contributed by atoms with Gasteiger partial charge in [0.15, 0.2) is 5.82 Å². The van der Waals surface area contributed by atoms with Crippen LogP contribution in [0.2, 0.25) is 0 Å². The first-order valence-electron chi connectivity index (χ1n) is 6.52. The molecule has 1 aromatic heterocycles. The lowest BCUT2D eigenvalue weighted by Gasteiger charge is -2.37. The highest BCUT2D eigenvalue weighted by atomic mass is 15.3. The van der Waals surface area contributed by atoms with Gasteiger partial charge >= 0.3 is 0 Å². The summed E-state index contributed by atoms with van der Waals surface area (Å²) in [6.07, 6.45) is 8.59. The van der Waals surface area contributed by atoms with Gasteiger partial charge in [0.2, 0.25) is 0 Å². The summed E-state index contributed by atoms with van der Waals surface area (Å²) in [7, 11) is 0. The normalized spacial score (nSPS) is 27.8. The third-order valence-corrected chi connectivity index (χ3v) is 4.27. The minimum absolute atomic E-state index is 0.150. The summed E-state index contributed by atoms with van der Waals surface area (Å²) in [6, 6.07) is 0.668. The summed E-state index contributed by atoms with van der Waals surface area (Å²) in [5, 5.41) is 8.84. The van der Waals surface area contributed by atoms with Crippen LogP contribution in [0.5, 0.6) is 0 Å². The second-order valence-corrected chi connectivity index (χ2v) is 5.77. The van der Waals surface area contributed by atoms with Crippen LogP contribution in [0.3, 0.4) is 0 Å². The molecular formula is C12H18N4. The predicted octanol–water partition coefficient (Wildman–Crippen LogP) is 1.83. The van der Waals surface area contributed by atoms with E-state index in [2.05, 4.69) is 14.8 Å². The number of nitrogens with zero attached hydrogens (tertiary/aromatic N) is 3. The Morgan fingerprint density at radius 2 is 1.88 bits per heavy atom. The zero-order valence-electron chi connectivity index (χ0n) is 9.52. The quantitative estimate of drug-likeness (QED) is 0.842. The van der Waals surface area contributed by atoms with Crippen molar-refractivity contribution < 1.29 is 0 Å². The molecule has 1 heterocycles. The molecule has 0 spiro atoms. The lowest BCUT2D eigenvalue weighted by molar-refractivity contribution is 0.229. The molecule has 1 aromatic rings. The van der Waals surface area contributed by atoms with Crippen molar-refractivity contribution in [3.63, 3.8) is 0 Å². The second kappa shape index (κ2) is 2.86. The Kier molecular flexibility index (Phi) is 1.64. The van der Waals surface area contributed by atoms with E-state index in [1.165, 1.54) is 37.9 Å². The average molecular weight is 218 g/mol. The minimum atomic E-state index is -0.150. The molecule has 0 amide bonds. The van der Waals surface area contributed by atoms with Gasteiger partial charge in [0.25, 0.3) is 0 Å². The summed E-state index contributed by atoms with van der Waals surface area (Å²) < 4.78 is 2.40. The fraction of sp³-hybridized carbons (Fsp3) is 0.833. The fourth-order valence-electron chi connectivity index (χ4n) is 2.74. The number of hydrogen-bond acceptors (Lipinski definition) is 3. The van der Waals surface area contributed by atoms with Crippen molar-refractivity contribution in [3.05, 3.63) is 11.6 Å². The summed E-state index contributed by atoms with van der Waals surface area (Å²) in [6.45, 7) is 0. The van der Waals surface area contributed by atoms with E-state index >= 15 is 0 Å². The van der Waals surface area contributed by atoms with Gasteiger partial charge in [-0.15, -0.1) is 10.2 Å². The van der Waals surface area contributed by atoms with Crippen molar-refractivity contribution in [1.29, 1.82) is 0 Å². The zero-order valence-corrected chi connectivity index (χ0v) is 9.52. The van der Waals surface area contributed by atoms with Crippen molar-refractivity contribution >= 4 is 0 Å². The Hall–Kier alpha value is -0.900. The predicted molar refractivity (Wildman–Crippen MR) is 60.0 cm³/mol. The molecule has 3 saturated carbocycles. The van der Waals surface area contributed by atoms with Crippen LogP contribution in [0.25, 0.3) is 0 Å². The van der Waals surface area contributed by atoms with Crippen LogP contribution < -0.4 is 5.73 Å². The van der Waals surface area contributed by atoms with Crippen LogP contribution in [0.4, 0.5) is 0 Å². The first kappa shape index (κ1) is 9.16. The summed E-state index contributed by atoms with van der Waals surface area (Å²) in [5.74, 6) is 3.00. The highest BCUT2D eigenvalue weighted by Gasteiger charge is 2.44. The molecule has 0 atom stereocenters. The highest BCUT2D eigenvalue weighted by Crippen LogP contribution is 2.48. The number of hydrogen-bond donors (Lipinski definition) is 1. The van der Waals surface area contributed by atoms with Crippen LogP contribution in [0.1, 0.15) is 68.6 Å². The van der Waals surface area contributed by atoms with Crippen LogP contribution in [0, 0.1) is 0 Å². The third kappa shape index (κ3) is 1.19. The van der Waals surface area contributed by atoms with E-state index in [0.717, 1.165) is 18.7 Å². The monoisotopic (exact) mass is 218 g/mol. The van der Waals surface area contributed by atoms with Gasteiger partial charge in [0.05, 0.1) is 5.54 Å². The first-order valence-corrected chi connectivity index (χ1v) is 6.52. The van der Waals surface area contributed by atoms with Gasteiger partial charge in [-0.25, -0.2) is 0 Å². The average Bonchev–Trinajstić information content (AvgIpc) is 3.13. The molecule has 4 rings (SSSR count). The zero-order chi connectivity index (χ0) is 10.8. The summed E-state index contributed by atoms with van der Waals surface area (Å²) in [5.41, 5.74) is 6.25. The van der Waals surface area contributed by atoms with Gasteiger partial charge < -0.3 is 10.3 Å². The topological polar surface area (TPSA) is 56.7 Å². The number of rotatable bonds is 3.